The number of benzene rings is 1. The Morgan fingerprint density at radius 3 is 2.56 bits per heavy atom. The molecule has 1 saturated heterocycles. The molecule has 2 aliphatic rings. The van der Waals surface area contributed by atoms with Crippen molar-refractivity contribution in [2.24, 2.45) is 7.05 Å². The number of rotatable bonds is 2. The SMILES string of the molecule is Cc1nc2cccc(C)n2c1C(=O)N1[C@@H]2CC[C@H]1c1nn(C)c(-c3cc(F)c(F)c(F)c3)c1C2. The van der Waals surface area contributed by atoms with Gasteiger partial charge >= 0.3 is 0 Å². The molecule has 4 aromatic rings. The molecule has 0 aliphatic carbocycles. The molecule has 6 nitrogen and oxygen atoms in total. The Kier molecular flexibility index (Phi) is 4.43. The number of carbonyl (C=O) groups excluding carboxylic acids is 1. The minimum absolute atomic E-state index is 0.0722. The Morgan fingerprint density at radius 2 is 1.82 bits per heavy atom. The van der Waals surface area contributed by atoms with Crippen LogP contribution in [0.15, 0.2) is 30.3 Å². The number of imidazole rings is 1. The fourth-order valence-electron chi connectivity index (χ4n) is 5.75. The fraction of sp³-hybridized carbons (Fsp3) is 0.320. The number of pyridine rings is 1. The van der Waals surface area contributed by atoms with Gasteiger partial charge in [-0.2, -0.15) is 5.10 Å². The lowest BCUT2D eigenvalue weighted by Gasteiger charge is -2.34. The number of hydrogen-bond donors (Lipinski definition) is 0. The number of nitrogens with zero attached hydrogens (tertiary/aromatic N) is 5. The van der Waals surface area contributed by atoms with Crippen LogP contribution in [0.1, 0.15) is 52.0 Å². The van der Waals surface area contributed by atoms with E-state index in [1.807, 2.05) is 41.3 Å². The highest BCUT2D eigenvalue weighted by Gasteiger charge is 2.46. The second-order valence-electron chi connectivity index (χ2n) is 9.16. The lowest BCUT2D eigenvalue weighted by Crippen LogP contribution is -2.42. The molecule has 1 amide bonds. The Morgan fingerprint density at radius 1 is 1.09 bits per heavy atom. The van der Waals surface area contributed by atoms with Crippen LogP contribution in [-0.2, 0) is 13.5 Å². The Balaban J connectivity index is 1.45. The smallest absolute Gasteiger partial charge is 0.273 e. The zero-order chi connectivity index (χ0) is 23.9. The van der Waals surface area contributed by atoms with Gasteiger partial charge in [-0.25, -0.2) is 18.2 Å². The predicted octanol–water partition coefficient (Wildman–Crippen LogP) is 4.67. The van der Waals surface area contributed by atoms with Crippen molar-refractivity contribution >= 4 is 11.6 Å². The second-order valence-corrected chi connectivity index (χ2v) is 9.16. The molecule has 0 N–H and O–H groups in total. The summed E-state index contributed by atoms with van der Waals surface area (Å²) >= 11 is 0. The molecule has 2 atom stereocenters. The summed E-state index contributed by atoms with van der Waals surface area (Å²) in [7, 11) is 1.70. The number of halogens is 3. The lowest BCUT2D eigenvalue weighted by molar-refractivity contribution is 0.0634. The number of carbonyl (C=O) groups is 1. The molecule has 0 saturated carbocycles. The molecule has 2 bridgehead atoms. The minimum Gasteiger partial charge on any atom is -0.325 e. The average Bonchev–Trinajstić information content (AvgIpc) is 3.42. The van der Waals surface area contributed by atoms with Crippen LogP contribution in [0.25, 0.3) is 16.9 Å². The summed E-state index contributed by atoms with van der Waals surface area (Å²) in [4.78, 5) is 20.4. The van der Waals surface area contributed by atoms with Crippen molar-refractivity contribution < 1.29 is 18.0 Å². The first kappa shape index (κ1) is 20.9. The number of aryl methyl sites for hydroxylation is 3. The molecule has 9 heteroatoms. The van der Waals surface area contributed by atoms with Crippen molar-refractivity contribution in [1.29, 1.82) is 0 Å². The van der Waals surface area contributed by atoms with Gasteiger partial charge in [0, 0.05) is 29.9 Å². The number of fused-ring (bicyclic) bond motifs is 5. The second kappa shape index (κ2) is 7.19. The maximum Gasteiger partial charge on any atom is 0.273 e. The quantitative estimate of drug-likeness (QED) is 0.405. The van der Waals surface area contributed by atoms with Crippen LogP contribution in [0, 0.1) is 31.3 Å². The summed E-state index contributed by atoms with van der Waals surface area (Å²) in [5.74, 6) is -4.06. The average molecular weight is 465 g/mol. The first-order chi connectivity index (χ1) is 16.3. The molecule has 1 fully saturated rings. The van der Waals surface area contributed by atoms with Crippen molar-refractivity contribution in [3.05, 3.63) is 76.1 Å². The third kappa shape index (κ3) is 2.79. The molecule has 5 heterocycles. The molecule has 3 aromatic heterocycles. The molecule has 34 heavy (non-hydrogen) atoms. The van der Waals surface area contributed by atoms with E-state index in [4.69, 9.17) is 0 Å². The van der Waals surface area contributed by atoms with E-state index in [1.54, 1.807) is 11.7 Å². The Bertz CT molecular complexity index is 1480. The highest BCUT2D eigenvalue weighted by molar-refractivity contribution is 5.96. The zero-order valence-electron chi connectivity index (χ0n) is 18.9. The topological polar surface area (TPSA) is 55.4 Å². The van der Waals surface area contributed by atoms with Gasteiger partial charge in [-0.1, -0.05) is 6.07 Å². The predicted molar refractivity (Wildman–Crippen MR) is 119 cm³/mol. The highest BCUT2D eigenvalue weighted by Crippen LogP contribution is 2.47. The zero-order valence-corrected chi connectivity index (χ0v) is 18.9. The monoisotopic (exact) mass is 465 g/mol. The largest absolute Gasteiger partial charge is 0.325 e. The van der Waals surface area contributed by atoms with E-state index in [-0.39, 0.29) is 23.6 Å². The van der Waals surface area contributed by atoms with Gasteiger partial charge in [-0.05, 0) is 57.4 Å². The standard InChI is InChI=1S/C25H22F3N5O/c1-12-5-4-6-20-29-13(2)23(32(12)20)25(34)33-15-7-8-19(33)22-16(11-15)24(31(3)30-22)14-9-17(26)21(28)18(27)10-14/h4-6,9-10,15,19H,7-8,11H2,1-3H3/t15-,19+/m1/s1. The van der Waals surface area contributed by atoms with Crippen molar-refractivity contribution in [3.8, 4) is 11.3 Å². The fourth-order valence-corrected chi connectivity index (χ4v) is 5.75. The molecule has 0 spiro atoms. The summed E-state index contributed by atoms with van der Waals surface area (Å²) in [6.45, 7) is 3.78. The van der Waals surface area contributed by atoms with Gasteiger partial charge in [0.1, 0.15) is 11.3 Å². The molecular weight excluding hydrogens is 443 g/mol. The van der Waals surface area contributed by atoms with Gasteiger partial charge in [0.05, 0.1) is 23.1 Å². The van der Waals surface area contributed by atoms with Crippen LogP contribution in [0.5, 0.6) is 0 Å². The van der Waals surface area contributed by atoms with Gasteiger partial charge in [0.15, 0.2) is 17.5 Å². The molecule has 6 rings (SSSR count). The number of hydrogen-bond acceptors (Lipinski definition) is 3. The van der Waals surface area contributed by atoms with Crippen LogP contribution in [-0.4, -0.2) is 36.0 Å². The summed E-state index contributed by atoms with van der Waals surface area (Å²) < 4.78 is 45.0. The third-order valence-electron chi connectivity index (χ3n) is 7.14. The van der Waals surface area contributed by atoms with Crippen LogP contribution >= 0.6 is 0 Å². The van der Waals surface area contributed by atoms with Gasteiger partial charge in [-0.15, -0.1) is 0 Å². The molecule has 0 unspecified atom stereocenters. The van der Waals surface area contributed by atoms with Crippen LogP contribution in [0.3, 0.4) is 0 Å². The first-order valence-corrected chi connectivity index (χ1v) is 11.2. The van der Waals surface area contributed by atoms with Crippen molar-refractivity contribution in [2.45, 2.75) is 45.2 Å². The maximum atomic E-state index is 14.0. The molecular formula is C25H22F3N5O. The highest BCUT2D eigenvalue weighted by atomic mass is 19.2. The van der Waals surface area contributed by atoms with Gasteiger partial charge in [-0.3, -0.25) is 13.9 Å². The van der Waals surface area contributed by atoms with Gasteiger partial charge in [0.25, 0.3) is 5.91 Å². The van der Waals surface area contributed by atoms with Crippen molar-refractivity contribution in [2.75, 3.05) is 0 Å². The normalized spacial score (nSPS) is 19.2. The van der Waals surface area contributed by atoms with Gasteiger partial charge < -0.3 is 4.90 Å². The van der Waals surface area contributed by atoms with E-state index < -0.39 is 17.5 Å². The van der Waals surface area contributed by atoms with E-state index in [1.165, 1.54) is 0 Å². The summed E-state index contributed by atoms with van der Waals surface area (Å²) in [5.41, 5.74) is 5.25. The van der Waals surface area contributed by atoms with Gasteiger partial charge in [0.2, 0.25) is 0 Å². The van der Waals surface area contributed by atoms with Crippen molar-refractivity contribution in [1.82, 2.24) is 24.1 Å². The summed E-state index contributed by atoms with van der Waals surface area (Å²) in [5, 5.41) is 4.67. The molecule has 2 aliphatic heterocycles. The Labute approximate surface area is 193 Å². The van der Waals surface area contributed by atoms with E-state index in [2.05, 4.69) is 10.1 Å². The van der Waals surface area contributed by atoms with E-state index in [9.17, 15) is 18.0 Å². The first-order valence-electron chi connectivity index (χ1n) is 11.2. The van der Waals surface area contributed by atoms with Crippen LogP contribution < -0.4 is 0 Å². The summed E-state index contributed by atoms with van der Waals surface area (Å²) in [6, 6.07) is 7.42. The van der Waals surface area contributed by atoms with E-state index >= 15 is 0 Å². The third-order valence-corrected chi connectivity index (χ3v) is 7.14. The van der Waals surface area contributed by atoms with E-state index in [0.717, 1.165) is 47.6 Å². The molecule has 174 valence electrons. The molecule has 1 aromatic carbocycles. The molecule has 0 radical (unpaired) electrons. The minimum atomic E-state index is -1.49. The number of aromatic nitrogens is 4. The van der Waals surface area contributed by atoms with Crippen LogP contribution in [0.2, 0.25) is 0 Å². The van der Waals surface area contributed by atoms with Crippen molar-refractivity contribution in [3.63, 3.8) is 0 Å². The van der Waals surface area contributed by atoms with Crippen LogP contribution in [0.4, 0.5) is 13.2 Å². The van der Waals surface area contributed by atoms with E-state index in [0.29, 0.717) is 23.5 Å². The number of amides is 1. The lowest BCUT2D eigenvalue weighted by atomic mass is 9.94. The summed E-state index contributed by atoms with van der Waals surface area (Å²) in [6.07, 6.45) is 2.06. The maximum absolute atomic E-state index is 14.0. The Hall–Kier alpha value is -3.62.